The third kappa shape index (κ3) is 14.0. The van der Waals surface area contributed by atoms with Gasteiger partial charge in [-0.05, 0) is 130 Å². The van der Waals surface area contributed by atoms with E-state index in [2.05, 4.69) is 37.0 Å². The van der Waals surface area contributed by atoms with E-state index in [9.17, 15) is 50.4 Å². The number of fused-ring (bicyclic) bond motifs is 14. The second-order valence-corrected chi connectivity index (χ2v) is 25.6. The van der Waals surface area contributed by atoms with Crippen LogP contribution < -0.4 is 51.8 Å². The standard InChI is InChI=1S/C70H59Cl3N10O18/c71-37-7-1-30(2-8-37)28-75-83-15-13-82(14-16-83)29-42-48(87)27-41-54(62(42)89)40-21-33(5-9-46(40)85)56-66(93)81-60(69(96)80-59(41)70(97)98)61(88)34-6-12-50(44(73)22-34)101-53-25-36-24-52(63(53)90)100-49-11-3-31(17-43(49)72)18-45-64(91)77-57(67(94)79-58(36)68(95)78-56)35-19-38(84)26-39(20-35)99-51-23-32(4-10-47(51)86)55(74)65(92)76-45/h1-12,17,19-28,45,55-61,84-90H,13-16,18,29,74H2,(H,76,92)(H,77,91)(H,78,95)(H,79,94)(H,80,96)(H,81,93)(H,97,98)/t45-,55-,56-,57+,58-,59+,60+,61-/m1/s1. The molecule has 6 amide bonds. The number of nitrogens with zero attached hydrogens (tertiary/aromatic N) is 3. The van der Waals surface area contributed by atoms with Crippen molar-refractivity contribution in [3.8, 4) is 80.1 Å². The Labute approximate surface area is 587 Å². The van der Waals surface area contributed by atoms with Crippen LogP contribution in [0.1, 0.15) is 86.4 Å². The molecule has 0 radical (unpaired) electrons. The summed E-state index contributed by atoms with van der Waals surface area (Å²) < 4.78 is 18.6. The van der Waals surface area contributed by atoms with Crippen molar-refractivity contribution >= 4 is 82.4 Å². The van der Waals surface area contributed by atoms with E-state index in [-0.39, 0.29) is 79.4 Å². The number of piperazine rings is 1. The zero-order valence-corrected chi connectivity index (χ0v) is 54.6. The lowest BCUT2D eigenvalue weighted by Crippen LogP contribution is -2.55. The Morgan fingerprint density at radius 2 is 1.15 bits per heavy atom. The first-order valence-corrected chi connectivity index (χ1v) is 32.3. The molecule has 0 aromatic heterocycles. The summed E-state index contributed by atoms with van der Waals surface area (Å²) in [5, 5.41) is 116. The number of aliphatic carboxylic acids is 1. The Kier molecular flexibility index (Phi) is 18.6. The molecule has 0 aliphatic carbocycles. The Bertz CT molecular complexity index is 4790. The van der Waals surface area contributed by atoms with Crippen molar-refractivity contribution in [3.63, 3.8) is 0 Å². The van der Waals surface area contributed by atoms with E-state index < -0.39 is 152 Å². The summed E-state index contributed by atoms with van der Waals surface area (Å²) in [6.45, 7) is 1.22. The average Bonchev–Trinajstić information content (AvgIpc) is 0.763. The maximum atomic E-state index is 16.0. The highest BCUT2D eigenvalue weighted by molar-refractivity contribution is 6.32. The number of carbonyl (C=O) groups excluding carboxylic acids is 6. The van der Waals surface area contributed by atoms with Gasteiger partial charge in [0, 0.05) is 66.9 Å². The van der Waals surface area contributed by atoms with Crippen LogP contribution in [0.2, 0.25) is 15.1 Å². The van der Waals surface area contributed by atoms with Crippen LogP contribution in [0.15, 0.2) is 139 Å². The molecule has 7 aliphatic heterocycles. The predicted molar refractivity (Wildman–Crippen MR) is 361 cm³/mol. The van der Waals surface area contributed by atoms with Crippen LogP contribution in [0.25, 0.3) is 11.1 Å². The predicted octanol–water partition coefficient (Wildman–Crippen LogP) is 6.79. The summed E-state index contributed by atoms with van der Waals surface area (Å²) in [4.78, 5) is 107. The highest BCUT2D eigenvalue weighted by Gasteiger charge is 2.42. The maximum Gasteiger partial charge on any atom is 0.330 e. The summed E-state index contributed by atoms with van der Waals surface area (Å²) in [5.41, 5.74) is 5.03. The zero-order valence-electron chi connectivity index (χ0n) is 52.4. The van der Waals surface area contributed by atoms with Crippen LogP contribution in [0, 0.1) is 0 Å². The number of rotatable bonds is 5. The van der Waals surface area contributed by atoms with Gasteiger partial charge < -0.3 is 92.7 Å². The number of carbonyl (C=O) groups is 7. The molecular formula is C70H59Cl3N10O18. The van der Waals surface area contributed by atoms with Crippen LogP contribution in [0.3, 0.4) is 0 Å². The van der Waals surface area contributed by atoms with Crippen molar-refractivity contribution in [2.24, 2.45) is 10.8 Å². The molecule has 101 heavy (non-hydrogen) atoms. The lowest BCUT2D eigenvalue weighted by molar-refractivity contribution is -0.143. The first-order valence-electron chi connectivity index (χ1n) is 31.1. The highest BCUT2D eigenvalue weighted by Crippen LogP contribution is 2.50. The molecule has 16 N–H and O–H groups in total. The molecule has 0 saturated carbocycles. The third-order valence-electron chi connectivity index (χ3n) is 17.7. The molecule has 15 rings (SSSR count). The lowest BCUT2D eigenvalue weighted by atomic mass is 9.88. The van der Waals surface area contributed by atoms with Crippen LogP contribution in [-0.2, 0) is 46.5 Å². The second-order valence-electron chi connectivity index (χ2n) is 24.4. The molecule has 17 bridgehead atoms. The molecule has 7 heterocycles. The first kappa shape index (κ1) is 68.0. The Balaban J connectivity index is 0.969. The van der Waals surface area contributed by atoms with Crippen LogP contribution >= 0.6 is 34.8 Å². The summed E-state index contributed by atoms with van der Waals surface area (Å²) in [7, 11) is 0. The maximum absolute atomic E-state index is 16.0. The monoisotopic (exact) mass is 1430 g/mol. The smallest absolute Gasteiger partial charge is 0.330 e. The number of aliphatic hydroxyl groups is 1. The lowest BCUT2D eigenvalue weighted by Gasteiger charge is -2.34. The number of nitrogens with one attached hydrogen (secondary N) is 6. The molecular weight excluding hydrogens is 1380 g/mol. The molecule has 8 atom stereocenters. The minimum absolute atomic E-state index is 0.114. The van der Waals surface area contributed by atoms with Crippen LogP contribution in [0.5, 0.6) is 69.0 Å². The summed E-state index contributed by atoms with van der Waals surface area (Å²) in [6.07, 6.45) is -0.854. The number of amides is 6. The Morgan fingerprint density at radius 3 is 1.82 bits per heavy atom. The summed E-state index contributed by atoms with van der Waals surface area (Å²) >= 11 is 19.9. The minimum atomic E-state index is -2.24. The quantitative estimate of drug-likeness (QED) is 0.0788. The number of halogens is 3. The van der Waals surface area contributed by atoms with E-state index in [0.717, 1.165) is 60.2 Å². The van der Waals surface area contributed by atoms with Gasteiger partial charge in [-0.15, -0.1) is 0 Å². The van der Waals surface area contributed by atoms with E-state index in [1.807, 2.05) is 4.90 Å². The molecule has 1 fully saturated rings. The molecule has 8 aromatic carbocycles. The van der Waals surface area contributed by atoms with Gasteiger partial charge in [-0.2, -0.15) is 5.10 Å². The van der Waals surface area contributed by atoms with Gasteiger partial charge in [0.1, 0.15) is 82.6 Å². The van der Waals surface area contributed by atoms with Crippen molar-refractivity contribution in [1.29, 1.82) is 0 Å². The van der Waals surface area contributed by atoms with Gasteiger partial charge in [-0.25, -0.2) is 4.79 Å². The molecule has 31 heteroatoms. The van der Waals surface area contributed by atoms with Crippen molar-refractivity contribution in [2.75, 3.05) is 26.2 Å². The topological polar surface area (TPSA) is 426 Å². The molecule has 518 valence electrons. The Hall–Kier alpha value is -11.5. The van der Waals surface area contributed by atoms with Crippen molar-refractivity contribution < 1.29 is 88.6 Å². The summed E-state index contributed by atoms with van der Waals surface area (Å²) in [5.74, 6) is -15.0. The van der Waals surface area contributed by atoms with E-state index in [0.29, 0.717) is 36.8 Å². The molecule has 0 unspecified atom stereocenters. The molecule has 28 nitrogen and oxygen atoms in total. The number of hydrogen-bond donors (Lipinski definition) is 15. The molecule has 7 aliphatic rings. The van der Waals surface area contributed by atoms with Crippen molar-refractivity contribution in [3.05, 3.63) is 199 Å². The number of carboxylic acid groups (broad SMARTS) is 1. The number of aliphatic hydroxyl groups excluding tert-OH is 1. The van der Waals surface area contributed by atoms with Crippen molar-refractivity contribution in [1.82, 2.24) is 41.8 Å². The first-order chi connectivity index (χ1) is 48.3. The molecule has 0 spiro atoms. The van der Waals surface area contributed by atoms with Gasteiger partial charge in [0.2, 0.25) is 41.2 Å². The fraction of sp³-hybridized carbons (Fsp3) is 0.200. The molecule has 1 saturated heterocycles. The normalized spacial score (nSPS) is 21.6. The second kappa shape index (κ2) is 27.6. The van der Waals surface area contributed by atoms with E-state index in [1.165, 1.54) is 54.6 Å². The van der Waals surface area contributed by atoms with Gasteiger partial charge in [-0.1, -0.05) is 71.2 Å². The van der Waals surface area contributed by atoms with E-state index in [1.54, 1.807) is 35.5 Å². The SMILES string of the molecule is N[C@H]1C(=O)N[C@@H]2Cc3ccc(c(Cl)c3)Oc3cc4cc(c3O)Oc3ccc(cc3Cl)[C@@H](O)[C@@H]3NC(=O)[C@H](NC(=O)[C@@H]4NC(=O)[C@@H](NC2=O)c2cc(O)cc(c2)Oc2cc1ccc2O)c1ccc(O)c(c1)-c1c(cc(O)c(CN2CCN(N=Cc4ccc(Cl)cc4)CC2)c1O)[C@@H](C(=O)O)NC3=O. The number of phenols is 6. The van der Waals surface area contributed by atoms with Crippen molar-refractivity contribution in [2.45, 2.75) is 61.4 Å². The fourth-order valence-electron chi connectivity index (χ4n) is 12.4. The van der Waals surface area contributed by atoms with Gasteiger partial charge >= 0.3 is 5.97 Å². The number of ether oxygens (including phenoxy) is 3. The number of carboxylic acids is 1. The van der Waals surface area contributed by atoms with Gasteiger partial charge in [0.15, 0.2) is 29.0 Å². The summed E-state index contributed by atoms with van der Waals surface area (Å²) in [6, 6.07) is 14.4. The number of benzene rings is 8. The fourth-order valence-corrected chi connectivity index (χ4v) is 13.0. The van der Waals surface area contributed by atoms with E-state index in [4.69, 9.17) is 54.7 Å². The van der Waals surface area contributed by atoms with Crippen LogP contribution in [-0.4, -0.2) is 137 Å². The average molecular weight is 1430 g/mol. The zero-order chi connectivity index (χ0) is 71.4. The largest absolute Gasteiger partial charge is 0.508 e. The van der Waals surface area contributed by atoms with Crippen LogP contribution in [0.4, 0.5) is 0 Å². The third-order valence-corrected chi connectivity index (χ3v) is 18.5. The number of aromatic hydroxyl groups is 6. The Morgan fingerprint density at radius 1 is 0.545 bits per heavy atom. The number of nitrogens with two attached hydrogens (primary N) is 1. The van der Waals surface area contributed by atoms with Gasteiger partial charge in [0.25, 0.3) is 0 Å². The van der Waals surface area contributed by atoms with Gasteiger partial charge in [0.05, 0.1) is 21.8 Å². The molecule has 8 aromatic rings. The van der Waals surface area contributed by atoms with E-state index >= 15 is 24.0 Å². The number of hydrogen-bond acceptors (Lipinski definition) is 21. The minimum Gasteiger partial charge on any atom is -0.508 e. The number of hydrazone groups is 1. The number of phenolic OH excluding ortho intramolecular Hbond substituents is 6. The highest BCUT2D eigenvalue weighted by atomic mass is 35.5. The van der Waals surface area contributed by atoms with Gasteiger partial charge in [-0.3, -0.25) is 38.7 Å².